The molecular formula is C15H41N5W-6. The van der Waals surface area contributed by atoms with Crippen LogP contribution in [0.4, 0.5) is 0 Å². The molecule has 0 aliphatic rings. The van der Waals surface area contributed by atoms with Gasteiger partial charge < -0.3 is 33.5 Å². The summed E-state index contributed by atoms with van der Waals surface area (Å²) in [6.07, 6.45) is 0. The molecule has 0 bridgehead atoms. The molecule has 21 heavy (non-hydrogen) atoms. The number of nitrogens with zero attached hydrogens (tertiary/aromatic N) is 5. The van der Waals surface area contributed by atoms with E-state index in [1.807, 2.05) is 0 Å². The minimum Gasteiger partial charge on any atom is -0.668 e. The van der Waals surface area contributed by atoms with Gasteiger partial charge in [-0.25, -0.2) is 0 Å². The van der Waals surface area contributed by atoms with Crippen molar-refractivity contribution >= 4 is 0 Å². The normalized spacial score (nSPS) is 7.14. The molecule has 0 rings (SSSR count). The van der Waals surface area contributed by atoms with Crippen molar-refractivity contribution in [2.75, 3.05) is 70.5 Å². The molecule has 0 radical (unpaired) electrons. The third-order valence-electron chi connectivity index (χ3n) is 0. The van der Waals surface area contributed by atoms with Crippen molar-refractivity contribution in [2.45, 2.75) is 20.8 Å². The van der Waals surface area contributed by atoms with E-state index in [4.69, 9.17) is 0 Å². The third-order valence-corrected chi connectivity index (χ3v) is 0. The van der Waals surface area contributed by atoms with Crippen LogP contribution in [0.25, 0.3) is 26.6 Å². The van der Waals surface area contributed by atoms with Gasteiger partial charge in [0.15, 0.2) is 0 Å². The average molecular weight is 475 g/mol. The van der Waals surface area contributed by atoms with Gasteiger partial charge in [-0.1, -0.05) is 20.8 Å². The zero-order chi connectivity index (χ0) is 18.0. The second-order valence-corrected chi connectivity index (χ2v) is 4.80. The first-order chi connectivity index (χ1) is 9.07. The number of hydrogen-bond acceptors (Lipinski definition) is 0. The van der Waals surface area contributed by atoms with Crippen LogP contribution in [-0.4, -0.2) is 70.5 Å². The van der Waals surface area contributed by atoms with Gasteiger partial charge in [-0.15, -0.1) is 0 Å². The van der Waals surface area contributed by atoms with Gasteiger partial charge >= 0.3 is 0 Å². The maximum absolute atomic E-state index is 3.77. The fourth-order valence-corrected chi connectivity index (χ4v) is 0. The molecule has 0 aromatic rings. The first-order valence-corrected chi connectivity index (χ1v) is 6.33. The summed E-state index contributed by atoms with van der Waals surface area (Å²) in [5, 5.41) is 17.5. The largest absolute Gasteiger partial charge is 0.668 e. The van der Waals surface area contributed by atoms with E-state index >= 15 is 0 Å². The van der Waals surface area contributed by atoms with E-state index in [9.17, 15) is 0 Å². The van der Waals surface area contributed by atoms with Crippen molar-refractivity contribution in [3.63, 3.8) is 0 Å². The Bertz CT molecular complexity index is 71.0. The van der Waals surface area contributed by atoms with Gasteiger partial charge in [-0.2, -0.15) is 75.9 Å². The number of hydrogen-bond donors (Lipinski definition) is 0. The van der Waals surface area contributed by atoms with Gasteiger partial charge in [0.05, 0.1) is 0 Å². The molecule has 0 N–H and O–H groups in total. The van der Waals surface area contributed by atoms with E-state index in [0.717, 1.165) is 0 Å². The van der Waals surface area contributed by atoms with Gasteiger partial charge in [-0.05, 0) is 0 Å². The molecule has 0 fully saturated rings. The predicted octanol–water partition coefficient (Wildman–Crippen LogP) is 4.96. The third kappa shape index (κ3) is 29400. The summed E-state index contributed by atoms with van der Waals surface area (Å²) in [4.78, 5) is 0. The minimum atomic E-state index is 0. The maximum Gasteiger partial charge on any atom is 0 e. The van der Waals surface area contributed by atoms with Gasteiger partial charge in [0, 0.05) is 21.1 Å². The molecule has 0 heterocycles. The Hall–Kier alpha value is 0.488. The first-order valence-electron chi connectivity index (χ1n) is 6.33. The van der Waals surface area contributed by atoms with E-state index in [-0.39, 0.29) is 26.5 Å². The van der Waals surface area contributed by atoms with Crippen LogP contribution >= 0.6 is 0 Å². The van der Waals surface area contributed by atoms with E-state index in [0.29, 0.717) is 0 Å². The predicted molar refractivity (Wildman–Crippen MR) is 101 cm³/mol. The van der Waals surface area contributed by atoms with Crippen LogP contribution < -0.4 is 0 Å². The van der Waals surface area contributed by atoms with Gasteiger partial charge in [-0.3, -0.25) is 0 Å². The smallest absolute Gasteiger partial charge is 0 e. The van der Waals surface area contributed by atoms with Crippen LogP contribution in [0, 0.1) is 12.3 Å². The van der Waals surface area contributed by atoms with Crippen LogP contribution in [0.1, 0.15) is 20.8 Å². The molecule has 0 unspecified atom stereocenters. The van der Waals surface area contributed by atoms with Crippen molar-refractivity contribution in [1.82, 2.24) is 0 Å². The molecule has 0 aliphatic heterocycles. The summed E-state index contributed by atoms with van der Waals surface area (Å²) in [7, 11) is 17.5. The fraction of sp³-hybridized carbons (Fsp3) is 0.933. The minimum absolute atomic E-state index is 0. The Morgan fingerprint density at radius 3 is 0.476 bits per heavy atom. The molecule has 0 atom stereocenters. The van der Waals surface area contributed by atoms with Crippen LogP contribution in [0.15, 0.2) is 0 Å². The standard InChI is InChI=1S/C5H11.5C2H6N.W/c1-5(2,3)4;5*1-3-2;/h1H2,2-4H3;5*1-2H3;/q6*-1;. The molecule has 0 aromatic carbocycles. The summed E-state index contributed by atoms with van der Waals surface area (Å²) in [6, 6.07) is 0. The van der Waals surface area contributed by atoms with Crippen molar-refractivity contribution in [1.29, 1.82) is 0 Å². The summed E-state index contributed by atoms with van der Waals surface area (Å²) < 4.78 is 0. The van der Waals surface area contributed by atoms with Crippen molar-refractivity contribution in [2.24, 2.45) is 5.41 Å². The molecule has 5 nitrogen and oxygen atoms in total. The topological polar surface area (TPSA) is 70.5 Å². The van der Waals surface area contributed by atoms with E-state index < -0.39 is 0 Å². The molecule has 0 amide bonds. The molecule has 0 saturated carbocycles. The van der Waals surface area contributed by atoms with E-state index in [2.05, 4.69) is 54.3 Å². The van der Waals surface area contributed by atoms with Crippen molar-refractivity contribution in [3.05, 3.63) is 33.5 Å². The summed E-state index contributed by atoms with van der Waals surface area (Å²) in [5.74, 6) is 0. The van der Waals surface area contributed by atoms with Crippen LogP contribution in [0.5, 0.6) is 0 Å². The van der Waals surface area contributed by atoms with Crippen LogP contribution in [0.2, 0.25) is 0 Å². The number of rotatable bonds is 0. The Labute approximate surface area is 151 Å². The molecule has 138 valence electrons. The molecule has 0 spiro atoms. The van der Waals surface area contributed by atoms with Gasteiger partial charge in [0.1, 0.15) is 0 Å². The first kappa shape index (κ1) is 43.0. The van der Waals surface area contributed by atoms with Crippen LogP contribution in [0.3, 0.4) is 0 Å². The van der Waals surface area contributed by atoms with Crippen LogP contribution in [-0.2, 0) is 21.1 Å². The Kier molecular flexibility index (Phi) is 121. The van der Waals surface area contributed by atoms with E-state index in [1.54, 1.807) is 70.5 Å². The van der Waals surface area contributed by atoms with Crippen molar-refractivity contribution < 1.29 is 21.1 Å². The molecule has 0 aliphatic carbocycles. The van der Waals surface area contributed by atoms with Gasteiger partial charge in [0.2, 0.25) is 0 Å². The SMILES string of the molecule is C[N-]C.C[N-]C.C[N-]C.C[N-]C.C[N-]C.[CH2-]C(C)(C)C.[W]. The quantitative estimate of drug-likeness (QED) is 0.445. The zero-order valence-electron chi connectivity index (χ0n) is 16.9. The second-order valence-electron chi connectivity index (χ2n) is 4.80. The fourth-order valence-electron chi connectivity index (χ4n) is 0. The molecular weight excluding hydrogens is 434 g/mol. The van der Waals surface area contributed by atoms with E-state index in [1.165, 1.54) is 0 Å². The van der Waals surface area contributed by atoms with Crippen molar-refractivity contribution in [3.8, 4) is 0 Å². The molecule has 0 aromatic heterocycles. The maximum atomic E-state index is 3.77. The molecule has 0 saturated heterocycles. The average Bonchev–Trinajstić information content (AvgIpc) is 2.19. The Morgan fingerprint density at radius 2 is 0.476 bits per heavy atom. The monoisotopic (exact) mass is 475 g/mol. The zero-order valence-corrected chi connectivity index (χ0v) is 19.8. The summed E-state index contributed by atoms with van der Waals surface area (Å²) in [5.41, 5.74) is 0.250. The second kappa shape index (κ2) is 59.0. The summed E-state index contributed by atoms with van der Waals surface area (Å²) >= 11 is 0. The molecule has 6 heteroatoms. The Morgan fingerprint density at radius 1 is 0.476 bits per heavy atom. The summed E-state index contributed by atoms with van der Waals surface area (Å²) in [6.45, 7) is 10.0. The Balaban J connectivity index is -0.0000000226. The van der Waals surface area contributed by atoms with Gasteiger partial charge in [0.25, 0.3) is 0 Å².